The van der Waals surface area contributed by atoms with Gasteiger partial charge in [-0.15, -0.1) is 0 Å². The summed E-state index contributed by atoms with van der Waals surface area (Å²) >= 11 is 0. The zero-order valence-electron chi connectivity index (χ0n) is 37.8. The van der Waals surface area contributed by atoms with E-state index in [0.717, 1.165) is 6.42 Å². The quantitative estimate of drug-likeness (QED) is 0.0416. The number of carbonyl (C=O) groups is 8. The van der Waals surface area contributed by atoms with E-state index in [9.17, 15) is 56.9 Å². The third kappa shape index (κ3) is 23.1. The molecule has 6 atom stereocenters. The largest absolute Gasteiger partial charge is 0.508 e. The summed E-state index contributed by atoms with van der Waals surface area (Å²) < 4.78 is 31.7. The molecule has 0 aliphatic carbocycles. The van der Waals surface area contributed by atoms with Gasteiger partial charge < -0.3 is 53.0 Å². The van der Waals surface area contributed by atoms with Gasteiger partial charge in [0.2, 0.25) is 35.9 Å². The van der Waals surface area contributed by atoms with Crippen LogP contribution in [-0.4, -0.2) is 112 Å². The number of phenols is 1. The van der Waals surface area contributed by atoms with Gasteiger partial charge in [-0.2, -0.15) is 13.2 Å². The lowest BCUT2D eigenvalue weighted by Crippen LogP contribution is -2.60. The number of alkyl halides is 3. The van der Waals surface area contributed by atoms with Crippen molar-refractivity contribution in [3.63, 3.8) is 0 Å². The maximum atomic E-state index is 14.2. The number of carboxylic acids is 2. The number of carbonyl (C=O) groups excluding carboxylic acids is 6. The zero-order valence-corrected chi connectivity index (χ0v) is 37.8. The van der Waals surface area contributed by atoms with Crippen LogP contribution in [0.25, 0.3) is 0 Å². The molecule has 21 heteroatoms. The molecule has 0 saturated heterocycles. The molecule has 11 N–H and O–H groups in total. The minimum absolute atomic E-state index is 0.00638. The molecule has 18 nitrogen and oxygen atoms in total. The van der Waals surface area contributed by atoms with Crippen LogP contribution in [0.2, 0.25) is 0 Å². The number of carboxylic acid groups (broad SMARTS) is 2. The van der Waals surface area contributed by atoms with E-state index < -0.39 is 83.9 Å². The normalized spacial score (nSPS) is 13.8. The number of phenolic OH excluding ortho intramolecular Hbond substituents is 1. The summed E-state index contributed by atoms with van der Waals surface area (Å²) in [6.07, 6.45) is -0.0714. The molecule has 368 valence electrons. The number of rotatable bonds is 29. The van der Waals surface area contributed by atoms with Gasteiger partial charge in [0.05, 0.1) is 0 Å². The molecular weight excluding hydrogens is 872 g/mol. The lowest BCUT2D eigenvalue weighted by molar-refractivity contribution is -0.192. The lowest BCUT2D eigenvalue weighted by atomic mass is 9.99. The molecule has 2 rings (SSSR count). The van der Waals surface area contributed by atoms with Crippen LogP contribution in [0.4, 0.5) is 13.2 Å². The fraction of sp³-hybridized carbons (Fsp3) is 0.556. The topological polar surface area (TPSA) is 295 Å². The van der Waals surface area contributed by atoms with Gasteiger partial charge in [0.25, 0.3) is 0 Å². The molecule has 2 aromatic rings. The smallest absolute Gasteiger partial charge is 0.490 e. The Bertz CT molecular complexity index is 1840. The average molecular weight is 938 g/mol. The van der Waals surface area contributed by atoms with Crippen LogP contribution in [0.1, 0.15) is 103 Å². The number of benzene rings is 2. The summed E-state index contributed by atoms with van der Waals surface area (Å²) in [5.41, 5.74) is 6.86. The van der Waals surface area contributed by atoms with Gasteiger partial charge >= 0.3 is 18.1 Å². The monoisotopic (exact) mass is 937 g/mol. The van der Waals surface area contributed by atoms with E-state index in [1.807, 2.05) is 33.8 Å². The predicted molar refractivity (Wildman–Crippen MR) is 237 cm³/mol. The summed E-state index contributed by atoms with van der Waals surface area (Å²) in [6.45, 7) is 7.99. The Balaban J connectivity index is 0.00000286. The molecule has 0 aliphatic heterocycles. The first kappa shape index (κ1) is 57.8. The number of amides is 6. The van der Waals surface area contributed by atoms with Gasteiger partial charge in [-0.3, -0.25) is 28.8 Å². The van der Waals surface area contributed by atoms with E-state index in [1.165, 1.54) is 12.1 Å². The van der Waals surface area contributed by atoms with Crippen molar-refractivity contribution in [1.82, 2.24) is 31.9 Å². The maximum absolute atomic E-state index is 14.2. The Kier molecular flexibility index (Phi) is 27.0. The standard InChI is InChI=1S/C43H65N7O9.C2HF3O2/c1-5-7-16-32(45-27-51)38(53)48-35(24-28(3)4)40(55)50-36(25-29-14-10-9-11-15-29)41(56)46-33(17-8-6-2)39(54)49-37(26-30-19-21-31(52)22-20-30)42(57)47-34(43(58)59)18-12-13-23-44;3-2(4,5)1(6)7/h9-11,14-15,19-22,27-28,32-37,52H,5-8,12-13,16-18,23-26,44H2,1-4H3,(H,45,51)(H,46,56)(H,47,57)(H,48,53)(H,49,54)(H,50,55)(H,58,59);(H,6,7)/t32-,33-,34-,35-,36-,37-;/m0./s1. The summed E-state index contributed by atoms with van der Waals surface area (Å²) in [5, 5.41) is 42.9. The number of halogens is 3. The highest BCUT2D eigenvalue weighted by atomic mass is 19.4. The number of nitrogens with two attached hydrogens (primary N) is 1. The molecule has 2 aromatic carbocycles. The average Bonchev–Trinajstić information content (AvgIpc) is 3.26. The van der Waals surface area contributed by atoms with Crippen LogP contribution in [0, 0.1) is 5.92 Å². The van der Waals surface area contributed by atoms with E-state index in [0.29, 0.717) is 62.6 Å². The van der Waals surface area contributed by atoms with E-state index >= 15 is 0 Å². The van der Waals surface area contributed by atoms with Crippen molar-refractivity contribution in [2.45, 2.75) is 147 Å². The number of nitrogens with one attached hydrogen (secondary N) is 6. The van der Waals surface area contributed by atoms with Crippen molar-refractivity contribution < 1.29 is 66.8 Å². The molecule has 66 heavy (non-hydrogen) atoms. The zero-order chi connectivity index (χ0) is 49.8. The number of hydrogen-bond donors (Lipinski definition) is 10. The second-order valence-corrected chi connectivity index (χ2v) is 16.0. The number of unbranched alkanes of at least 4 members (excludes halogenated alkanes) is 3. The highest BCUT2D eigenvalue weighted by molar-refractivity contribution is 5.96. The molecule has 0 bridgehead atoms. The Morgan fingerprint density at radius 3 is 1.47 bits per heavy atom. The lowest BCUT2D eigenvalue weighted by Gasteiger charge is -2.28. The van der Waals surface area contributed by atoms with Crippen LogP contribution in [0.5, 0.6) is 5.75 Å². The van der Waals surface area contributed by atoms with E-state index in [4.69, 9.17) is 15.6 Å². The third-order valence-electron chi connectivity index (χ3n) is 9.98. The fourth-order valence-corrected chi connectivity index (χ4v) is 6.41. The highest BCUT2D eigenvalue weighted by Gasteiger charge is 2.38. The molecule has 0 fully saturated rings. The second-order valence-electron chi connectivity index (χ2n) is 16.0. The Labute approximate surface area is 382 Å². The van der Waals surface area contributed by atoms with Gasteiger partial charge in [0, 0.05) is 12.8 Å². The first-order chi connectivity index (χ1) is 31.2. The Morgan fingerprint density at radius 1 is 0.606 bits per heavy atom. The summed E-state index contributed by atoms with van der Waals surface area (Å²) in [4.78, 5) is 101. The van der Waals surface area contributed by atoms with Crippen LogP contribution in [0.3, 0.4) is 0 Å². The van der Waals surface area contributed by atoms with E-state index in [1.54, 1.807) is 36.4 Å². The van der Waals surface area contributed by atoms with Crippen molar-refractivity contribution in [2.75, 3.05) is 6.54 Å². The molecular formula is C45H66F3N7O11. The van der Waals surface area contributed by atoms with Crippen LogP contribution < -0.4 is 37.6 Å². The second kappa shape index (κ2) is 30.8. The molecule has 0 radical (unpaired) electrons. The molecule has 6 amide bonds. The molecule has 0 heterocycles. The maximum Gasteiger partial charge on any atom is 0.490 e. The van der Waals surface area contributed by atoms with Crippen molar-refractivity contribution in [3.8, 4) is 5.75 Å². The highest BCUT2D eigenvalue weighted by Crippen LogP contribution is 2.15. The first-order valence-corrected chi connectivity index (χ1v) is 21.9. The van der Waals surface area contributed by atoms with Gasteiger partial charge in [0.15, 0.2) is 0 Å². The Morgan fingerprint density at radius 2 is 1.02 bits per heavy atom. The molecule has 0 saturated carbocycles. The van der Waals surface area contributed by atoms with Crippen molar-refractivity contribution in [2.24, 2.45) is 11.7 Å². The predicted octanol–water partition coefficient (Wildman–Crippen LogP) is 2.99. The molecule has 0 aliphatic rings. The van der Waals surface area contributed by atoms with Crippen molar-refractivity contribution >= 4 is 47.9 Å². The van der Waals surface area contributed by atoms with Crippen LogP contribution >= 0.6 is 0 Å². The number of hydrogen-bond acceptors (Lipinski definition) is 10. The minimum Gasteiger partial charge on any atom is -0.508 e. The van der Waals surface area contributed by atoms with Crippen molar-refractivity contribution in [3.05, 3.63) is 65.7 Å². The molecule has 0 unspecified atom stereocenters. The minimum atomic E-state index is -5.08. The van der Waals surface area contributed by atoms with E-state index in [-0.39, 0.29) is 43.8 Å². The number of aromatic hydroxyl groups is 1. The number of aliphatic carboxylic acids is 2. The third-order valence-corrected chi connectivity index (χ3v) is 9.98. The van der Waals surface area contributed by atoms with Crippen LogP contribution in [0.15, 0.2) is 54.6 Å². The van der Waals surface area contributed by atoms with Crippen molar-refractivity contribution in [1.29, 1.82) is 0 Å². The summed E-state index contributed by atoms with van der Waals surface area (Å²) in [5.74, 6) is -7.32. The van der Waals surface area contributed by atoms with Gasteiger partial charge in [-0.1, -0.05) is 95.8 Å². The van der Waals surface area contributed by atoms with Gasteiger partial charge in [0.1, 0.15) is 42.0 Å². The van der Waals surface area contributed by atoms with E-state index in [2.05, 4.69) is 31.9 Å². The SMILES string of the molecule is CCCC[C@H](NC=O)C(=O)N[C@@H](CC(C)C)C(=O)N[C@@H](Cc1ccccc1)C(=O)N[C@@H](CCCC)C(=O)N[C@@H](Cc1ccc(O)cc1)C(=O)N[C@@H](CCCCN)C(=O)O.O=C(O)C(F)(F)F. The van der Waals surface area contributed by atoms with Crippen LogP contribution in [-0.2, 0) is 51.2 Å². The van der Waals surface area contributed by atoms with Gasteiger partial charge in [-0.05, 0) is 74.2 Å². The fourth-order valence-electron chi connectivity index (χ4n) is 6.41. The first-order valence-electron chi connectivity index (χ1n) is 21.9. The Hall–Kier alpha value is -6.25. The van der Waals surface area contributed by atoms with Gasteiger partial charge in [-0.25, -0.2) is 9.59 Å². The molecule has 0 aromatic heterocycles. The summed E-state index contributed by atoms with van der Waals surface area (Å²) in [6, 6.07) is 8.21. The summed E-state index contributed by atoms with van der Waals surface area (Å²) in [7, 11) is 0. The molecule has 0 spiro atoms.